The van der Waals surface area contributed by atoms with Crippen LogP contribution >= 0.6 is 0 Å². The summed E-state index contributed by atoms with van der Waals surface area (Å²) in [4.78, 5) is 21.7. The molecule has 0 atom stereocenters. The Labute approximate surface area is 249 Å². The molecule has 8 nitrogen and oxygen atoms in total. The van der Waals surface area contributed by atoms with E-state index in [4.69, 9.17) is 5.73 Å². The molecule has 5 aromatic rings. The molecule has 2 heterocycles. The van der Waals surface area contributed by atoms with Crippen LogP contribution in [0.15, 0.2) is 108 Å². The zero-order chi connectivity index (χ0) is 30.0. The van der Waals surface area contributed by atoms with Crippen LogP contribution in [-0.2, 0) is 16.6 Å². The highest BCUT2D eigenvalue weighted by Gasteiger charge is 2.24. The highest BCUT2D eigenvalue weighted by molar-refractivity contribution is 7.92. The fraction of sp³-hybridized carbons (Fsp3) is 0.152. The molecule has 0 unspecified atom stereocenters. The van der Waals surface area contributed by atoms with Crippen molar-refractivity contribution in [2.45, 2.75) is 11.4 Å². The number of pyridine rings is 1. The van der Waals surface area contributed by atoms with E-state index in [0.29, 0.717) is 66.3 Å². The number of hydrogen-bond acceptors (Lipinski definition) is 6. The first-order valence-electron chi connectivity index (χ1n) is 13.9. The van der Waals surface area contributed by atoms with E-state index in [2.05, 4.69) is 14.6 Å². The fourth-order valence-electron chi connectivity index (χ4n) is 5.34. The van der Waals surface area contributed by atoms with Gasteiger partial charge in [-0.1, -0.05) is 36.4 Å². The summed E-state index contributed by atoms with van der Waals surface area (Å²) in [6.07, 6.45) is 1.67. The molecule has 1 aromatic heterocycles. The SMILES string of the molecule is Nc1ccc(S(=O)(=O)Nc2ccc(C(=O)N3CCN(Cc4ccc(F)cc4)CC3)cc2)c(-c2cccc3cccnc23)c1. The number of amides is 1. The molecule has 0 saturated carbocycles. The van der Waals surface area contributed by atoms with Crippen LogP contribution in [0, 0.1) is 5.82 Å². The lowest BCUT2D eigenvalue weighted by molar-refractivity contribution is 0.0628. The van der Waals surface area contributed by atoms with Gasteiger partial charge in [0.2, 0.25) is 0 Å². The monoisotopic (exact) mass is 595 g/mol. The average molecular weight is 596 g/mol. The number of anilines is 2. The number of fused-ring (bicyclic) bond motifs is 1. The molecule has 1 aliphatic rings. The summed E-state index contributed by atoms with van der Waals surface area (Å²) in [7, 11) is -4.02. The summed E-state index contributed by atoms with van der Waals surface area (Å²) in [6.45, 7) is 3.24. The van der Waals surface area contributed by atoms with E-state index in [1.807, 2.05) is 30.3 Å². The third-order valence-corrected chi connectivity index (χ3v) is 9.02. The van der Waals surface area contributed by atoms with Crippen molar-refractivity contribution < 1.29 is 17.6 Å². The molecule has 3 N–H and O–H groups in total. The Bertz CT molecular complexity index is 1880. The molecule has 1 saturated heterocycles. The number of hydrogen-bond donors (Lipinski definition) is 2. The minimum atomic E-state index is -4.02. The van der Waals surface area contributed by atoms with Crippen LogP contribution in [0.2, 0.25) is 0 Å². The first-order valence-corrected chi connectivity index (χ1v) is 15.4. The lowest BCUT2D eigenvalue weighted by atomic mass is 10.0. The Kier molecular flexibility index (Phi) is 7.79. The van der Waals surface area contributed by atoms with Gasteiger partial charge in [0.05, 0.1) is 10.4 Å². The molecule has 4 aromatic carbocycles. The van der Waals surface area contributed by atoms with E-state index in [-0.39, 0.29) is 16.6 Å². The van der Waals surface area contributed by atoms with Gasteiger partial charge in [0.25, 0.3) is 15.9 Å². The van der Waals surface area contributed by atoms with Crippen LogP contribution in [-0.4, -0.2) is 55.3 Å². The van der Waals surface area contributed by atoms with Crippen molar-refractivity contribution in [3.05, 3.63) is 120 Å². The van der Waals surface area contributed by atoms with E-state index in [9.17, 15) is 17.6 Å². The number of nitrogens with one attached hydrogen (secondary N) is 1. The zero-order valence-corrected chi connectivity index (χ0v) is 24.1. The lowest BCUT2D eigenvalue weighted by Crippen LogP contribution is -2.48. The quantitative estimate of drug-likeness (QED) is 0.245. The second-order valence-corrected chi connectivity index (χ2v) is 12.2. The molecule has 1 aliphatic heterocycles. The Balaban J connectivity index is 1.15. The number of rotatable bonds is 7. The number of piperazine rings is 1. The van der Waals surface area contributed by atoms with Gasteiger partial charge in [0, 0.05) is 72.4 Å². The molecule has 0 spiro atoms. The number of carbonyl (C=O) groups is 1. The van der Waals surface area contributed by atoms with Gasteiger partial charge in [-0.15, -0.1) is 0 Å². The van der Waals surface area contributed by atoms with Crippen molar-refractivity contribution in [3.63, 3.8) is 0 Å². The molecule has 218 valence electrons. The van der Waals surface area contributed by atoms with Crippen LogP contribution in [0.1, 0.15) is 15.9 Å². The Morgan fingerprint density at radius 1 is 0.860 bits per heavy atom. The summed E-state index contributed by atoms with van der Waals surface area (Å²) in [5, 5.41) is 0.883. The van der Waals surface area contributed by atoms with Crippen molar-refractivity contribution in [1.82, 2.24) is 14.8 Å². The number of nitrogens with two attached hydrogens (primary N) is 1. The van der Waals surface area contributed by atoms with Crippen molar-refractivity contribution in [2.24, 2.45) is 0 Å². The number of nitrogen functional groups attached to an aromatic ring is 1. The standard InChI is InChI=1S/C33H30FN5O3S/c34-26-10-6-23(7-11-26)22-38-17-19-39(20-18-38)33(40)25-8-13-28(14-9-25)37-43(41,42)31-15-12-27(35)21-30(31)29-5-1-3-24-4-2-16-36-32(24)29/h1-16,21,37H,17-20,22,35H2. The Morgan fingerprint density at radius 2 is 1.58 bits per heavy atom. The predicted octanol–water partition coefficient (Wildman–Crippen LogP) is 5.38. The van der Waals surface area contributed by atoms with Gasteiger partial charge in [-0.3, -0.25) is 19.4 Å². The number of carbonyl (C=O) groups excluding carboxylic acids is 1. The van der Waals surface area contributed by atoms with E-state index >= 15 is 0 Å². The molecule has 43 heavy (non-hydrogen) atoms. The number of aromatic nitrogens is 1. The van der Waals surface area contributed by atoms with Crippen molar-refractivity contribution >= 4 is 38.2 Å². The van der Waals surface area contributed by atoms with Gasteiger partial charge >= 0.3 is 0 Å². The highest BCUT2D eigenvalue weighted by Crippen LogP contribution is 2.34. The number of para-hydroxylation sites is 1. The number of benzene rings is 4. The maximum Gasteiger partial charge on any atom is 0.262 e. The summed E-state index contributed by atoms with van der Waals surface area (Å²) in [5.41, 5.74) is 10.1. The van der Waals surface area contributed by atoms with Gasteiger partial charge in [-0.05, 0) is 66.2 Å². The van der Waals surface area contributed by atoms with Crippen molar-refractivity contribution in [3.8, 4) is 11.1 Å². The highest BCUT2D eigenvalue weighted by atomic mass is 32.2. The first kappa shape index (κ1) is 28.3. The lowest BCUT2D eigenvalue weighted by Gasteiger charge is -2.34. The molecular formula is C33H30FN5O3S. The van der Waals surface area contributed by atoms with Crippen LogP contribution in [0.5, 0.6) is 0 Å². The van der Waals surface area contributed by atoms with E-state index in [1.54, 1.807) is 59.6 Å². The molecule has 1 amide bonds. The molecule has 0 radical (unpaired) electrons. The molecular weight excluding hydrogens is 565 g/mol. The minimum Gasteiger partial charge on any atom is -0.399 e. The minimum absolute atomic E-state index is 0.0681. The van der Waals surface area contributed by atoms with Gasteiger partial charge in [-0.25, -0.2) is 12.8 Å². The van der Waals surface area contributed by atoms with Crippen LogP contribution in [0.25, 0.3) is 22.0 Å². The van der Waals surface area contributed by atoms with E-state index in [1.165, 1.54) is 18.2 Å². The van der Waals surface area contributed by atoms with Crippen molar-refractivity contribution in [1.29, 1.82) is 0 Å². The second-order valence-electron chi connectivity index (χ2n) is 10.5. The maximum atomic E-state index is 13.6. The molecule has 6 rings (SSSR count). The van der Waals surface area contributed by atoms with Crippen LogP contribution < -0.4 is 10.5 Å². The second kappa shape index (κ2) is 11.8. The first-order chi connectivity index (χ1) is 20.8. The number of sulfonamides is 1. The summed E-state index contributed by atoms with van der Waals surface area (Å²) < 4.78 is 43.1. The average Bonchev–Trinajstić information content (AvgIpc) is 3.02. The van der Waals surface area contributed by atoms with Gasteiger partial charge in [0.1, 0.15) is 5.82 Å². The van der Waals surface area contributed by atoms with Crippen molar-refractivity contribution in [2.75, 3.05) is 36.6 Å². The summed E-state index contributed by atoms with van der Waals surface area (Å²) in [5.74, 6) is -0.369. The number of nitrogens with zero attached hydrogens (tertiary/aromatic N) is 3. The zero-order valence-electron chi connectivity index (χ0n) is 23.3. The Hall–Kier alpha value is -4.80. The van der Waals surface area contributed by atoms with Gasteiger partial charge in [0.15, 0.2) is 0 Å². The molecule has 0 aliphatic carbocycles. The number of halogens is 1. The van der Waals surface area contributed by atoms with Crippen LogP contribution in [0.4, 0.5) is 15.8 Å². The normalized spacial score (nSPS) is 14.1. The maximum absolute atomic E-state index is 13.6. The van der Waals surface area contributed by atoms with Gasteiger partial charge in [-0.2, -0.15) is 0 Å². The summed E-state index contributed by atoms with van der Waals surface area (Å²) in [6, 6.07) is 26.9. The van der Waals surface area contributed by atoms with Crippen LogP contribution in [0.3, 0.4) is 0 Å². The third kappa shape index (κ3) is 6.20. The largest absolute Gasteiger partial charge is 0.399 e. The Morgan fingerprint density at radius 3 is 2.33 bits per heavy atom. The van der Waals surface area contributed by atoms with E-state index < -0.39 is 10.0 Å². The predicted molar refractivity (Wildman–Crippen MR) is 166 cm³/mol. The topological polar surface area (TPSA) is 109 Å². The summed E-state index contributed by atoms with van der Waals surface area (Å²) >= 11 is 0. The molecule has 0 bridgehead atoms. The third-order valence-electron chi connectivity index (χ3n) is 7.58. The fourth-order valence-corrected chi connectivity index (χ4v) is 6.61. The molecule has 10 heteroatoms. The van der Waals surface area contributed by atoms with Gasteiger partial charge < -0.3 is 10.6 Å². The molecule has 1 fully saturated rings. The smallest absolute Gasteiger partial charge is 0.262 e. The van der Waals surface area contributed by atoms with E-state index in [0.717, 1.165) is 10.9 Å².